The maximum absolute atomic E-state index is 11.5. The van der Waals surface area contributed by atoms with E-state index in [4.69, 9.17) is 5.84 Å². The second-order valence-electron chi connectivity index (χ2n) is 5.06. The highest BCUT2D eigenvalue weighted by atomic mass is 79.9. The highest BCUT2D eigenvalue weighted by molar-refractivity contribution is 9.10. The highest BCUT2D eigenvalue weighted by Crippen LogP contribution is 2.21. The van der Waals surface area contributed by atoms with Crippen molar-refractivity contribution >= 4 is 27.7 Å². The van der Waals surface area contributed by atoms with E-state index in [0.717, 1.165) is 42.8 Å². The topological polar surface area (TPSA) is 78.7 Å². The molecule has 0 bridgehead atoms. The van der Waals surface area contributed by atoms with Crippen LogP contribution in [0.4, 0.5) is 0 Å². The highest BCUT2D eigenvalue weighted by Gasteiger charge is 2.19. The molecule has 1 fully saturated rings. The number of halogens is 1. The zero-order valence-electron chi connectivity index (χ0n) is 11.9. The lowest BCUT2D eigenvalue weighted by Crippen LogP contribution is -2.47. The van der Waals surface area contributed by atoms with Gasteiger partial charge in [-0.15, -0.1) is 0 Å². The van der Waals surface area contributed by atoms with Crippen LogP contribution in [0.2, 0.25) is 0 Å². The lowest BCUT2D eigenvalue weighted by Gasteiger charge is -2.34. The van der Waals surface area contributed by atoms with E-state index in [2.05, 4.69) is 26.3 Å². The first-order valence-electron chi connectivity index (χ1n) is 6.78. The number of hydrazine groups is 1. The van der Waals surface area contributed by atoms with Gasteiger partial charge in [-0.2, -0.15) is 0 Å². The van der Waals surface area contributed by atoms with Gasteiger partial charge in [0.05, 0.1) is 0 Å². The summed E-state index contributed by atoms with van der Waals surface area (Å²) in [5.74, 6) is 4.95. The number of nitrogens with one attached hydrogen (secondary N) is 1. The molecule has 114 valence electrons. The molecular formula is C14H19BrN4O2. The second kappa shape index (κ2) is 7.02. The van der Waals surface area contributed by atoms with E-state index < -0.39 is 0 Å². The van der Waals surface area contributed by atoms with Crippen molar-refractivity contribution in [2.45, 2.75) is 13.5 Å². The summed E-state index contributed by atoms with van der Waals surface area (Å²) in [5.41, 5.74) is 3.75. The van der Waals surface area contributed by atoms with Crippen molar-refractivity contribution in [2.24, 2.45) is 5.84 Å². The molecule has 21 heavy (non-hydrogen) atoms. The Hall–Kier alpha value is -1.44. The molecule has 7 heteroatoms. The zero-order valence-corrected chi connectivity index (χ0v) is 13.5. The minimum Gasteiger partial charge on any atom is -0.340 e. The Morgan fingerprint density at radius 2 is 1.95 bits per heavy atom. The molecule has 3 N–H and O–H groups in total. The van der Waals surface area contributed by atoms with Crippen LogP contribution in [0.15, 0.2) is 22.7 Å². The number of rotatable bonds is 3. The molecule has 0 spiro atoms. The molecule has 6 nitrogen and oxygen atoms in total. The van der Waals surface area contributed by atoms with Crippen molar-refractivity contribution in [3.63, 3.8) is 0 Å². The average Bonchev–Trinajstić information content (AvgIpc) is 2.49. The Bertz CT molecular complexity index is 542. The Balaban J connectivity index is 1.98. The number of benzene rings is 1. The molecule has 1 heterocycles. The second-order valence-corrected chi connectivity index (χ2v) is 5.92. The van der Waals surface area contributed by atoms with Crippen molar-refractivity contribution in [1.82, 2.24) is 15.2 Å². The summed E-state index contributed by atoms with van der Waals surface area (Å²) in [5, 5.41) is 0. The van der Waals surface area contributed by atoms with Crippen LogP contribution in [0.1, 0.15) is 22.8 Å². The number of amides is 2. The molecule has 0 aliphatic carbocycles. The fraction of sp³-hybridized carbons (Fsp3) is 0.429. The van der Waals surface area contributed by atoms with E-state index >= 15 is 0 Å². The summed E-state index contributed by atoms with van der Waals surface area (Å²) < 4.78 is 0.887. The van der Waals surface area contributed by atoms with Crippen molar-refractivity contribution in [3.05, 3.63) is 33.8 Å². The molecule has 1 aromatic carbocycles. The van der Waals surface area contributed by atoms with Gasteiger partial charge in [-0.1, -0.05) is 22.0 Å². The molecule has 0 aromatic heterocycles. The summed E-state index contributed by atoms with van der Waals surface area (Å²) in [7, 11) is 0. The normalized spacial score (nSPS) is 15.9. The van der Waals surface area contributed by atoms with Gasteiger partial charge in [0.1, 0.15) is 0 Å². The molecular weight excluding hydrogens is 336 g/mol. The van der Waals surface area contributed by atoms with Crippen LogP contribution in [0.3, 0.4) is 0 Å². The van der Waals surface area contributed by atoms with Gasteiger partial charge in [0.15, 0.2) is 0 Å². The summed E-state index contributed by atoms with van der Waals surface area (Å²) in [6.45, 7) is 5.64. The Labute approximate surface area is 132 Å². The van der Waals surface area contributed by atoms with Crippen molar-refractivity contribution in [2.75, 3.05) is 26.2 Å². The van der Waals surface area contributed by atoms with Crippen LogP contribution in [0, 0.1) is 0 Å². The minimum atomic E-state index is -0.308. The van der Waals surface area contributed by atoms with E-state index in [0.29, 0.717) is 5.56 Å². The smallest absolute Gasteiger partial charge is 0.265 e. The van der Waals surface area contributed by atoms with Crippen LogP contribution in [0.25, 0.3) is 0 Å². The Morgan fingerprint density at radius 3 is 2.48 bits per heavy atom. The van der Waals surface area contributed by atoms with Crippen LogP contribution < -0.4 is 11.3 Å². The fourth-order valence-electron chi connectivity index (χ4n) is 2.36. The monoisotopic (exact) mass is 354 g/mol. The number of nitrogens with zero attached hydrogens (tertiary/aromatic N) is 2. The van der Waals surface area contributed by atoms with Gasteiger partial charge in [-0.25, -0.2) is 5.84 Å². The van der Waals surface area contributed by atoms with Gasteiger partial charge in [-0.3, -0.25) is 19.9 Å². The van der Waals surface area contributed by atoms with Gasteiger partial charge < -0.3 is 4.90 Å². The Kier molecular flexibility index (Phi) is 5.33. The third kappa shape index (κ3) is 4.03. The number of carbonyl (C=O) groups excluding carboxylic acids is 2. The van der Waals surface area contributed by atoms with E-state index in [-0.39, 0.29) is 11.8 Å². The van der Waals surface area contributed by atoms with E-state index in [9.17, 15) is 9.59 Å². The molecule has 2 amide bonds. The first-order chi connectivity index (χ1) is 10.0. The minimum absolute atomic E-state index is 0.132. The van der Waals surface area contributed by atoms with Crippen LogP contribution >= 0.6 is 15.9 Å². The number of piperazine rings is 1. The average molecular weight is 355 g/mol. The standard InChI is InChI=1S/C14H19BrN4O2/c1-10(20)19-6-4-18(5-7-19)9-12-3-2-11(8-13(12)15)14(21)17-16/h2-3,8H,4-7,9,16H2,1H3,(H,17,21). The first kappa shape index (κ1) is 15.9. The molecule has 0 radical (unpaired) electrons. The maximum atomic E-state index is 11.5. The van der Waals surface area contributed by atoms with Crippen molar-refractivity contribution in [1.29, 1.82) is 0 Å². The largest absolute Gasteiger partial charge is 0.340 e. The summed E-state index contributed by atoms with van der Waals surface area (Å²) in [6, 6.07) is 5.45. The summed E-state index contributed by atoms with van der Waals surface area (Å²) >= 11 is 3.49. The molecule has 1 aliphatic rings. The number of nitrogens with two attached hydrogens (primary N) is 1. The molecule has 1 aliphatic heterocycles. The van der Waals surface area contributed by atoms with Gasteiger partial charge in [0.25, 0.3) is 5.91 Å². The van der Waals surface area contributed by atoms with E-state index in [1.165, 1.54) is 0 Å². The van der Waals surface area contributed by atoms with Crippen LogP contribution in [-0.4, -0.2) is 47.8 Å². The quantitative estimate of drug-likeness (QED) is 0.476. The molecule has 1 aromatic rings. The molecule has 0 atom stereocenters. The number of hydrogen-bond donors (Lipinski definition) is 2. The first-order valence-corrected chi connectivity index (χ1v) is 7.58. The predicted molar refractivity (Wildman–Crippen MR) is 83.3 cm³/mol. The predicted octanol–water partition coefficient (Wildman–Crippen LogP) is 0.717. The molecule has 2 rings (SSSR count). The fourth-order valence-corrected chi connectivity index (χ4v) is 2.87. The third-order valence-corrected chi connectivity index (χ3v) is 4.40. The van der Waals surface area contributed by atoms with Crippen molar-refractivity contribution < 1.29 is 9.59 Å². The summed E-state index contributed by atoms with van der Waals surface area (Å²) in [4.78, 5) is 26.9. The molecule has 1 saturated heterocycles. The Morgan fingerprint density at radius 1 is 1.29 bits per heavy atom. The van der Waals surface area contributed by atoms with Crippen LogP contribution in [-0.2, 0) is 11.3 Å². The number of carbonyl (C=O) groups is 2. The molecule has 0 saturated carbocycles. The van der Waals surface area contributed by atoms with E-state index in [1.807, 2.05) is 11.0 Å². The van der Waals surface area contributed by atoms with E-state index in [1.54, 1.807) is 19.1 Å². The van der Waals surface area contributed by atoms with Crippen molar-refractivity contribution in [3.8, 4) is 0 Å². The number of nitrogen functional groups attached to an aromatic ring is 1. The number of hydrogen-bond acceptors (Lipinski definition) is 4. The van der Waals surface area contributed by atoms with Gasteiger partial charge in [0.2, 0.25) is 5.91 Å². The lowest BCUT2D eigenvalue weighted by molar-refractivity contribution is -0.130. The van der Waals surface area contributed by atoms with Gasteiger partial charge >= 0.3 is 0 Å². The maximum Gasteiger partial charge on any atom is 0.265 e. The lowest BCUT2D eigenvalue weighted by atomic mass is 10.1. The van der Waals surface area contributed by atoms with Gasteiger partial charge in [-0.05, 0) is 17.7 Å². The molecule has 0 unspecified atom stereocenters. The van der Waals surface area contributed by atoms with Gasteiger partial charge in [0, 0.05) is 49.7 Å². The summed E-state index contributed by atoms with van der Waals surface area (Å²) in [6.07, 6.45) is 0. The third-order valence-electron chi connectivity index (χ3n) is 3.66. The SMILES string of the molecule is CC(=O)N1CCN(Cc2ccc(C(=O)NN)cc2Br)CC1. The zero-order chi connectivity index (χ0) is 15.4. The van der Waals surface area contributed by atoms with Crippen LogP contribution in [0.5, 0.6) is 0 Å².